The molecule has 2 rings (SSSR count). The number of aliphatic hydroxyl groups excluding tert-OH is 1. The maximum atomic E-state index is 9.66. The third kappa shape index (κ3) is 1.78. The van der Waals surface area contributed by atoms with E-state index in [-0.39, 0.29) is 6.54 Å². The second-order valence-corrected chi connectivity index (χ2v) is 4.72. The Morgan fingerprint density at radius 1 is 1.71 bits per heavy atom. The minimum absolute atomic E-state index is 0.251. The summed E-state index contributed by atoms with van der Waals surface area (Å²) >= 11 is 1.63. The minimum atomic E-state index is -0.581. The monoisotopic (exact) mass is 213 g/mol. The molecule has 1 fully saturated rings. The van der Waals surface area contributed by atoms with E-state index in [0.717, 1.165) is 10.6 Å². The summed E-state index contributed by atoms with van der Waals surface area (Å²) in [6.07, 6.45) is 1.95. The molecule has 1 aromatic rings. The van der Waals surface area contributed by atoms with E-state index >= 15 is 0 Å². The molecule has 3 nitrogen and oxygen atoms in total. The van der Waals surface area contributed by atoms with Crippen molar-refractivity contribution in [2.24, 2.45) is 5.73 Å². The summed E-state index contributed by atoms with van der Waals surface area (Å²) in [5.41, 5.74) is 5.43. The zero-order valence-electron chi connectivity index (χ0n) is 8.19. The molecule has 1 aliphatic rings. The number of hydrogen-bond acceptors (Lipinski definition) is 4. The Hall–Kier alpha value is -0.580. The van der Waals surface area contributed by atoms with Crippen LogP contribution in [0.4, 0.5) is 0 Å². The van der Waals surface area contributed by atoms with Crippen LogP contribution in [-0.4, -0.2) is 18.8 Å². The van der Waals surface area contributed by atoms with Crippen LogP contribution in [0.1, 0.15) is 34.6 Å². The van der Waals surface area contributed by atoms with Gasteiger partial charge >= 0.3 is 0 Å². The van der Waals surface area contributed by atoms with E-state index in [0.29, 0.717) is 5.92 Å². The first-order valence-electron chi connectivity index (χ1n) is 4.82. The molecule has 1 atom stereocenters. The summed E-state index contributed by atoms with van der Waals surface area (Å²) in [5.74, 6) is 1.49. The van der Waals surface area contributed by atoms with Crippen LogP contribution in [0.15, 0.2) is 6.07 Å². The van der Waals surface area contributed by atoms with Crippen molar-refractivity contribution in [2.75, 3.05) is 13.7 Å². The molecule has 0 saturated heterocycles. The largest absolute Gasteiger partial charge is 0.495 e. The van der Waals surface area contributed by atoms with Crippen LogP contribution >= 0.6 is 11.3 Å². The molecule has 0 bridgehead atoms. The summed E-state index contributed by atoms with van der Waals surface area (Å²) in [5, 5.41) is 9.66. The molecule has 3 N–H and O–H groups in total. The zero-order chi connectivity index (χ0) is 10.1. The lowest BCUT2D eigenvalue weighted by atomic mass is 10.2. The molecule has 0 aromatic carbocycles. The molecule has 1 aliphatic carbocycles. The van der Waals surface area contributed by atoms with Crippen LogP contribution in [0.25, 0.3) is 0 Å². The topological polar surface area (TPSA) is 55.5 Å². The summed E-state index contributed by atoms with van der Waals surface area (Å²) in [7, 11) is 1.63. The molecular weight excluding hydrogens is 198 g/mol. The van der Waals surface area contributed by atoms with Gasteiger partial charge in [-0.1, -0.05) is 0 Å². The van der Waals surface area contributed by atoms with Gasteiger partial charge in [0, 0.05) is 11.4 Å². The fourth-order valence-corrected chi connectivity index (χ4v) is 2.77. The van der Waals surface area contributed by atoms with Crippen molar-refractivity contribution in [3.05, 3.63) is 15.8 Å². The van der Waals surface area contributed by atoms with Crippen molar-refractivity contribution in [1.82, 2.24) is 0 Å². The fourth-order valence-electron chi connectivity index (χ4n) is 1.47. The normalized spacial score (nSPS) is 18.2. The van der Waals surface area contributed by atoms with Crippen molar-refractivity contribution in [3.8, 4) is 5.75 Å². The molecule has 1 aromatic heterocycles. The van der Waals surface area contributed by atoms with Crippen LogP contribution in [0.5, 0.6) is 5.75 Å². The second-order valence-electron chi connectivity index (χ2n) is 3.61. The van der Waals surface area contributed by atoms with E-state index in [2.05, 4.69) is 0 Å². The average molecular weight is 213 g/mol. The van der Waals surface area contributed by atoms with Crippen molar-refractivity contribution in [3.63, 3.8) is 0 Å². The Bertz CT molecular complexity index is 320. The lowest BCUT2D eigenvalue weighted by molar-refractivity contribution is 0.186. The van der Waals surface area contributed by atoms with E-state index in [1.165, 1.54) is 17.7 Å². The highest BCUT2D eigenvalue weighted by Crippen LogP contribution is 2.47. The number of ether oxygens (including phenoxy) is 1. The van der Waals surface area contributed by atoms with Gasteiger partial charge in [0.1, 0.15) is 11.9 Å². The number of hydrogen-bond donors (Lipinski definition) is 2. The van der Waals surface area contributed by atoms with Gasteiger partial charge in [-0.25, -0.2) is 0 Å². The van der Waals surface area contributed by atoms with Crippen LogP contribution in [0.2, 0.25) is 0 Å². The number of nitrogens with two attached hydrogens (primary N) is 1. The third-order valence-corrected chi connectivity index (χ3v) is 3.85. The molecule has 4 heteroatoms. The van der Waals surface area contributed by atoms with E-state index in [4.69, 9.17) is 10.5 Å². The zero-order valence-corrected chi connectivity index (χ0v) is 9.01. The van der Waals surface area contributed by atoms with Crippen LogP contribution < -0.4 is 10.5 Å². The van der Waals surface area contributed by atoms with Gasteiger partial charge in [-0.3, -0.25) is 0 Å². The number of thiophene rings is 1. The SMILES string of the molecule is COc1cc(C2CC2)sc1C(O)CN. The molecule has 0 spiro atoms. The van der Waals surface area contributed by atoms with Gasteiger partial charge in [-0.15, -0.1) is 11.3 Å². The van der Waals surface area contributed by atoms with Gasteiger partial charge in [0.2, 0.25) is 0 Å². The van der Waals surface area contributed by atoms with E-state index in [1.54, 1.807) is 18.4 Å². The Labute approximate surface area is 87.5 Å². The fraction of sp³-hybridized carbons (Fsp3) is 0.600. The molecule has 1 heterocycles. The van der Waals surface area contributed by atoms with Crippen molar-refractivity contribution >= 4 is 11.3 Å². The highest BCUT2D eigenvalue weighted by Gasteiger charge is 2.28. The molecule has 0 aliphatic heterocycles. The summed E-state index contributed by atoms with van der Waals surface area (Å²) in [6.45, 7) is 0.251. The predicted molar refractivity (Wildman–Crippen MR) is 56.9 cm³/mol. The van der Waals surface area contributed by atoms with Crippen molar-refractivity contribution in [2.45, 2.75) is 24.9 Å². The Morgan fingerprint density at radius 2 is 2.43 bits per heavy atom. The predicted octanol–water partition coefficient (Wildman–Crippen LogP) is 1.63. The van der Waals surface area contributed by atoms with E-state index in [9.17, 15) is 5.11 Å². The van der Waals surface area contributed by atoms with E-state index in [1.807, 2.05) is 6.07 Å². The van der Waals surface area contributed by atoms with Gasteiger partial charge in [0.15, 0.2) is 0 Å². The molecule has 1 unspecified atom stereocenters. The van der Waals surface area contributed by atoms with Crippen LogP contribution in [0, 0.1) is 0 Å². The van der Waals surface area contributed by atoms with Crippen LogP contribution in [0.3, 0.4) is 0 Å². The van der Waals surface area contributed by atoms with Crippen molar-refractivity contribution < 1.29 is 9.84 Å². The number of aliphatic hydroxyl groups is 1. The third-order valence-electron chi connectivity index (χ3n) is 2.47. The summed E-state index contributed by atoms with van der Waals surface area (Å²) in [6, 6.07) is 2.04. The lowest BCUT2D eigenvalue weighted by Crippen LogP contribution is -2.10. The molecule has 78 valence electrons. The van der Waals surface area contributed by atoms with Gasteiger partial charge < -0.3 is 15.6 Å². The quantitative estimate of drug-likeness (QED) is 0.799. The Morgan fingerprint density at radius 3 is 2.93 bits per heavy atom. The number of rotatable bonds is 4. The van der Waals surface area contributed by atoms with Gasteiger partial charge in [0.05, 0.1) is 12.0 Å². The summed E-state index contributed by atoms with van der Waals surface area (Å²) in [4.78, 5) is 2.20. The highest BCUT2D eigenvalue weighted by atomic mass is 32.1. The molecule has 1 saturated carbocycles. The molecule has 0 radical (unpaired) electrons. The van der Waals surface area contributed by atoms with Gasteiger partial charge in [-0.05, 0) is 24.8 Å². The van der Waals surface area contributed by atoms with Gasteiger partial charge in [0.25, 0.3) is 0 Å². The first-order chi connectivity index (χ1) is 6.76. The highest BCUT2D eigenvalue weighted by molar-refractivity contribution is 7.12. The minimum Gasteiger partial charge on any atom is -0.495 e. The molecule has 0 amide bonds. The molecular formula is C10H15NO2S. The number of methoxy groups -OCH3 is 1. The standard InChI is InChI=1S/C10H15NO2S/c1-13-8-4-9(6-2-3-6)14-10(8)7(12)5-11/h4,6-7,12H,2-3,5,11H2,1H3. The average Bonchev–Trinajstić information content (AvgIpc) is 2.97. The Balaban J connectivity index is 2.26. The summed E-state index contributed by atoms with van der Waals surface area (Å²) < 4.78 is 5.22. The second kappa shape index (κ2) is 3.88. The molecule has 14 heavy (non-hydrogen) atoms. The Kier molecular flexibility index (Phi) is 2.76. The maximum Gasteiger partial charge on any atom is 0.135 e. The smallest absolute Gasteiger partial charge is 0.135 e. The maximum absolute atomic E-state index is 9.66. The first-order valence-corrected chi connectivity index (χ1v) is 5.63. The van der Waals surface area contributed by atoms with E-state index < -0.39 is 6.10 Å². The first kappa shape index (κ1) is 9.96. The van der Waals surface area contributed by atoms with Crippen LogP contribution in [-0.2, 0) is 0 Å². The van der Waals surface area contributed by atoms with Gasteiger partial charge in [-0.2, -0.15) is 0 Å². The lowest BCUT2D eigenvalue weighted by Gasteiger charge is -2.06. The van der Waals surface area contributed by atoms with Crippen molar-refractivity contribution in [1.29, 1.82) is 0 Å².